The van der Waals surface area contributed by atoms with Crippen molar-refractivity contribution in [1.29, 1.82) is 0 Å². The molecule has 1 aromatic rings. The molecule has 1 aliphatic carbocycles. The van der Waals surface area contributed by atoms with Crippen molar-refractivity contribution in [2.24, 2.45) is 0 Å². The Morgan fingerprint density at radius 2 is 2.06 bits per heavy atom. The maximum Gasteiger partial charge on any atom is 0.169 e. The Kier molecular flexibility index (Phi) is 2.54. The summed E-state index contributed by atoms with van der Waals surface area (Å²) in [6, 6.07) is 4.74. The zero-order valence-corrected chi connectivity index (χ0v) is 10.0. The molecule has 2 nitrogen and oxygen atoms in total. The average Bonchev–Trinajstić information content (AvgIpc) is 3.01. The summed E-state index contributed by atoms with van der Waals surface area (Å²) in [4.78, 5) is 1.07. The van der Waals surface area contributed by atoms with Gasteiger partial charge in [0.05, 0.1) is 14.6 Å². The van der Waals surface area contributed by atoms with Gasteiger partial charge in [0.2, 0.25) is 0 Å². The van der Waals surface area contributed by atoms with Crippen LogP contribution >= 0.6 is 11.3 Å². The molecular weight excluding hydrogens is 220 g/mol. The maximum absolute atomic E-state index is 8.19. The Hall–Kier alpha value is -0.640. The molecule has 0 aromatic carbocycles. The summed E-state index contributed by atoms with van der Waals surface area (Å²) in [5.41, 5.74) is 1.25. The van der Waals surface area contributed by atoms with Crippen LogP contribution in [-0.4, -0.2) is 19.0 Å². The molecule has 1 aliphatic heterocycles. The van der Waals surface area contributed by atoms with Crippen LogP contribution < -0.4 is 0 Å². The molecule has 86 valence electrons. The highest BCUT2D eigenvalue weighted by atomic mass is 32.1. The van der Waals surface area contributed by atoms with Gasteiger partial charge in [0, 0.05) is 17.7 Å². The summed E-state index contributed by atoms with van der Waals surface area (Å²) in [6.07, 6.45) is 3.65. The Morgan fingerprint density at radius 3 is 2.69 bits per heavy atom. The highest BCUT2D eigenvalue weighted by molar-refractivity contribution is 7.10. The molecule has 0 radical (unpaired) electrons. The number of rotatable bonds is 1. The molecule has 0 N–H and O–H groups in total. The third-order valence-corrected chi connectivity index (χ3v) is 4.04. The van der Waals surface area contributed by atoms with Crippen LogP contribution in [0.3, 0.4) is 0 Å². The topological polar surface area (TPSA) is 18.5 Å². The molecule has 1 saturated carbocycles. The van der Waals surface area contributed by atoms with Gasteiger partial charge in [-0.25, -0.2) is 0 Å². The van der Waals surface area contributed by atoms with Gasteiger partial charge in [0.15, 0.2) is 5.79 Å². The maximum atomic E-state index is 8.19. The molecule has 1 aromatic heterocycles. The van der Waals surface area contributed by atoms with Crippen molar-refractivity contribution in [3.05, 3.63) is 28.0 Å². The van der Waals surface area contributed by atoms with E-state index in [0.29, 0.717) is 6.05 Å². The van der Waals surface area contributed by atoms with Gasteiger partial charge in [-0.3, -0.25) is 0 Å². The van der Waals surface area contributed by atoms with Crippen LogP contribution in [0.2, 0.25) is 0 Å². The van der Waals surface area contributed by atoms with Crippen molar-refractivity contribution in [1.82, 2.24) is 0 Å². The standard InChI is InChI=1S/C13H16O2S/c1-2-12(16-9-1)10-11-3-5-13(6-4-11)14-7-8-15-13/h1-2,9-10H,3-8H2/i10D. The zero-order chi connectivity index (χ0) is 11.7. The number of thiophene rings is 1. The minimum atomic E-state index is -0.320. The molecule has 16 heavy (non-hydrogen) atoms. The Labute approximate surface area is 101 Å². The molecule has 1 saturated heterocycles. The SMILES string of the molecule is [2H]C(=C1CCC2(CC1)OCCO2)c1cccs1. The second kappa shape index (κ2) is 4.32. The fourth-order valence-electron chi connectivity index (χ4n) is 2.37. The Bertz CT molecular complexity index is 407. The van der Waals surface area contributed by atoms with E-state index in [0.717, 1.165) is 43.8 Å². The summed E-state index contributed by atoms with van der Waals surface area (Å²) >= 11 is 1.64. The third-order valence-electron chi connectivity index (χ3n) is 3.25. The normalized spacial score (nSPS) is 24.8. The summed E-state index contributed by atoms with van der Waals surface area (Å²) in [7, 11) is 0. The fourth-order valence-corrected chi connectivity index (χ4v) is 3.03. The highest BCUT2D eigenvalue weighted by Crippen LogP contribution is 2.38. The van der Waals surface area contributed by atoms with E-state index in [1.54, 1.807) is 11.3 Å². The van der Waals surface area contributed by atoms with Gasteiger partial charge >= 0.3 is 0 Å². The molecule has 3 rings (SSSR count). The molecule has 1 spiro atoms. The van der Waals surface area contributed by atoms with E-state index in [4.69, 9.17) is 10.8 Å². The molecule has 0 atom stereocenters. The van der Waals surface area contributed by atoms with Crippen molar-refractivity contribution in [2.45, 2.75) is 31.5 Å². The van der Waals surface area contributed by atoms with E-state index < -0.39 is 0 Å². The summed E-state index contributed by atoms with van der Waals surface area (Å²) in [5.74, 6) is -0.320. The van der Waals surface area contributed by atoms with Crippen LogP contribution in [0, 0.1) is 0 Å². The second-order valence-corrected chi connectivity index (χ2v) is 5.26. The van der Waals surface area contributed by atoms with Gasteiger partial charge in [-0.1, -0.05) is 11.6 Å². The van der Waals surface area contributed by atoms with Gasteiger partial charge in [-0.05, 0) is 30.3 Å². The quantitative estimate of drug-likeness (QED) is 0.745. The lowest BCUT2D eigenvalue weighted by Crippen LogP contribution is -2.32. The first kappa shape index (κ1) is 9.40. The molecule has 3 heteroatoms. The van der Waals surface area contributed by atoms with Crippen molar-refractivity contribution in [3.8, 4) is 0 Å². The predicted molar refractivity (Wildman–Crippen MR) is 65.4 cm³/mol. The van der Waals surface area contributed by atoms with E-state index in [1.165, 1.54) is 5.57 Å². The Morgan fingerprint density at radius 1 is 1.31 bits per heavy atom. The first-order chi connectivity index (χ1) is 8.29. The van der Waals surface area contributed by atoms with Crippen LogP contribution in [0.5, 0.6) is 0 Å². The van der Waals surface area contributed by atoms with Crippen LogP contribution in [0.1, 0.15) is 31.9 Å². The lowest BCUT2D eigenvalue weighted by atomic mass is 9.89. The molecule has 2 aliphatic rings. The van der Waals surface area contributed by atoms with Gasteiger partial charge in [-0.2, -0.15) is 0 Å². The van der Waals surface area contributed by atoms with Gasteiger partial charge in [0.25, 0.3) is 0 Å². The zero-order valence-electron chi connectivity index (χ0n) is 10.2. The number of allylic oxidation sites excluding steroid dienone is 1. The first-order valence-corrected chi connectivity index (χ1v) is 6.67. The first-order valence-electron chi connectivity index (χ1n) is 6.29. The van der Waals surface area contributed by atoms with Crippen molar-refractivity contribution >= 4 is 17.4 Å². The van der Waals surface area contributed by atoms with Crippen molar-refractivity contribution in [3.63, 3.8) is 0 Å². The molecular formula is C13H16O2S. The summed E-state index contributed by atoms with van der Waals surface area (Å²) in [5, 5.41) is 2.03. The van der Waals surface area contributed by atoms with E-state index in [2.05, 4.69) is 0 Å². The number of ether oxygens (including phenoxy) is 2. The van der Waals surface area contributed by atoms with Gasteiger partial charge < -0.3 is 9.47 Å². The summed E-state index contributed by atoms with van der Waals surface area (Å²) < 4.78 is 19.6. The van der Waals surface area contributed by atoms with Gasteiger partial charge in [0.1, 0.15) is 0 Å². The van der Waals surface area contributed by atoms with E-state index >= 15 is 0 Å². The van der Waals surface area contributed by atoms with Crippen LogP contribution in [0.25, 0.3) is 6.05 Å². The molecule has 2 heterocycles. The van der Waals surface area contributed by atoms with Crippen molar-refractivity contribution in [2.75, 3.05) is 13.2 Å². The van der Waals surface area contributed by atoms with Crippen LogP contribution in [-0.2, 0) is 9.47 Å². The third kappa shape index (κ3) is 2.08. The minimum absolute atomic E-state index is 0.320. The molecule has 0 amide bonds. The number of hydrogen-bond donors (Lipinski definition) is 0. The highest BCUT2D eigenvalue weighted by Gasteiger charge is 2.38. The van der Waals surface area contributed by atoms with E-state index in [-0.39, 0.29) is 5.79 Å². The van der Waals surface area contributed by atoms with Crippen LogP contribution in [0.4, 0.5) is 0 Å². The number of hydrogen-bond acceptors (Lipinski definition) is 3. The second-order valence-electron chi connectivity index (χ2n) is 4.31. The van der Waals surface area contributed by atoms with Crippen molar-refractivity contribution < 1.29 is 10.8 Å². The predicted octanol–water partition coefficient (Wildman–Crippen LogP) is 3.45. The van der Waals surface area contributed by atoms with E-state index in [1.807, 2.05) is 17.5 Å². The Balaban J connectivity index is 1.74. The van der Waals surface area contributed by atoms with E-state index in [9.17, 15) is 0 Å². The molecule has 2 fully saturated rings. The largest absolute Gasteiger partial charge is 0.348 e. The summed E-state index contributed by atoms with van der Waals surface area (Å²) in [6.45, 7) is 1.44. The van der Waals surface area contributed by atoms with Gasteiger partial charge in [-0.15, -0.1) is 11.3 Å². The molecule has 0 unspecified atom stereocenters. The lowest BCUT2D eigenvalue weighted by Gasteiger charge is -2.32. The lowest BCUT2D eigenvalue weighted by molar-refractivity contribution is -0.171. The van der Waals surface area contributed by atoms with Crippen LogP contribution in [0.15, 0.2) is 23.1 Å². The monoisotopic (exact) mass is 237 g/mol. The fraction of sp³-hybridized carbons (Fsp3) is 0.538. The average molecular weight is 237 g/mol. The minimum Gasteiger partial charge on any atom is -0.348 e. The smallest absolute Gasteiger partial charge is 0.169 e. The molecule has 0 bridgehead atoms.